The van der Waals surface area contributed by atoms with Gasteiger partial charge in [-0.1, -0.05) is 0 Å². The van der Waals surface area contributed by atoms with Gasteiger partial charge in [0.25, 0.3) is 11.8 Å². The van der Waals surface area contributed by atoms with Crippen LogP contribution in [0.5, 0.6) is 0 Å². The Morgan fingerprint density at radius 1 is 0.627 bits per heavy atom. The number of carboxylic acid groups (broad SMARTS) is 1. The van der Waals surface area contributed by atoms with Crippen LogP contribution in [-0.4, -0.2) is 177 Å². The highest BCUT2D eigenvalue weighted by Gasteiger charge is 2.28. The van der Waals surface area contributed by atoms with E-state index in [1.807, 2.05) is 0 Å². The number of carboxylic acids is 1. The van der Waals surface area contributed by atoms with Crippen molar-refractivity contribution in [1.29, 1.82) is 0 Å². The number of esters is 1. The molecule has 0 aromatic carbocycles. The first kappa shape index (κ1) is 45.5. The van der Waals surface area contributed by atoms with Crippen LogP contribution in [0.4, 0.5) is 0 Å². The van der Waals surface area contributed by atoms with Gasteiger partial charge in [-0.05, 0) is 13.3 Å². The number of aliphatic carboxylic acids is 1. The summed E-state index contributed by atoms with van der Waals surface area (Å²) >= 11 is 0. The molecule has 0 saturated heterocycles. The summed E-state index contributed by atoms with van der Waals surface area (Å²) in [6, 6.07) is -1.12. The van der Waals surface area contributed by atoms with Crippen LogP contribution < -0.4 is 10.6 Å². The van der Waals surface area contributed by atoms with Gasteiger partial charge in [0.15, 0.2) is 0 Å². The monoisotopic (exact) mass is 735 g/mol. The first-order valence-electron chi connectivity index (χ1n) is 16.8. The maximum absolute atomic E-state index is 12.3. The maximum Gasteiger partial charge on any atom is 0.328 e. The third kappa shape index (κ3) is 26.0. The minimum atomic E-state index is -1.12. The molecule has 3 N–H and O–H groups in total. The zero-order chi connectivity index (χ0) is 37.4. The van der Waals surface area contributed by atoms with Crippen molar-refractivity contribution in [2.45, 2.75) is 32.2 Å². The van der Waals surface area contributed by atoms with E-state index in [1.165, 1.54) is 0 Å². The van der Waals surface area contributed by atoms with Crippen LogP contribution in [0.3, 0.4) is 0 Å². The number of carbonyl (C=O) groups excluding carboxylic acids is 5. The quantitative estimate of drug-likeness (QED) is 0.0380. The Morgan fingerprint density at radius 2 is 1.04 bits per heavy atom. The smallest absolute Gasteiger partial charge is 0.328 e. The van der Waals surface area contributed by atoms with Gasteiger partial charge in [0, 0.05) is 25.1 Å². The van der Waals surface area contributed by atoms with Crippen molar-refractivity contribution in [2.75, 3.05) is 125 Å². The summed E-state index contributed by atoms with van der Waals surface area (Å²) in [4.78, 5) is 71.2. The normalized spacial score (nSPS) is 13.1. The summed E-state index contributed by atoms with van der Waals surface area (Å²) in [5.41, 5.74) is 0. The largest absolute Gasteiger partial charge is 0.481 e. The molecule has 1 rings (SSSR count). The fourth-order valence-corrected chi connectivity index (χ4v) is 3.89. The van der Waals surface area contributed by atoms with E-state index >= 15 is 0 Å². The predicted octanol–water partition coefficient (Wildman–Crippen LogP) is -1.54. The third-order valence-corrected chi connectivity index (χ3v) is 6.40. The molecule has 0 aliphatic carbocycles. The minimum absolute atomic E-state index is 0.0229. The predicted molar refractivity (Wildman–Crippen MR) is 175 cm³/mol. The Balaban J connectivity index is 1.88. The molecule has 0 aromatic heterocycles. The van der Waals surface area contributed by atoms with E-state index in [1.54, 1.807) is 6.92 Å². The highest BCUT2D eigenvalue weighted by atomic mass is 16.6. The van der Waals surface area contributed by atoms with E-state index in [-0.39, 0.29) is 51.5 Å². The number of hydrogen-bond acceptors (Lipinski definition) is 15. The van der Waals surface area contributed by atoms with E-state index in [0.29, 0.717) is 92.5 Å². The first-order chi connectivity index (χ1) is 24.7. The topological polar surface area (TPSA) is 233 Å². The SMILES string of the molecule is CCOC(=O)[C@H](CCC(=O)NCCOCCOCCOCCOCCOCCOCCOCCOCCC(=O)O)NC(=O)CN1C(=O)C=CC1=O. The van der Waals surface area contributed by atoms with Crippen LogP contribution >= 0.6 is 0 Å². The van der Waals surface area contributed by atoms with Gasteiger partial charge in [-0.25, -0.2) is 4.79 Å². The summed E-state index contributed by atoms with van der Waals surface area (Å²) in [5.74, 6) is -3.96. The number of carbonyl (C=O) groups is 6. The Kier molecular flexibility index (Phi) is 27.8. The zero-order valence-electron chi connectivity index (χ0n) is 29.3. The second kappa shape index (κ2) is 31.2. The first-order valence-corrected chi connectivity index (χ1v) is 16.8. The molecule has 0 fully saturated rings. The molecule has 1 atom stereocenters. The number of nitrogens with one attached hydrogen (secondary N) is 2. The van der Waals surface area contributed by atoms with Gasteiger partial charge in [0.1, 0.15) is 12.6 Å². The molecule has 0 saturated carbocycles. The highest BCUT2D eigenvalue weighted by Crippen LogP contribution is 2.05. The van der Waals surface area contributed by atoms with Crippen LogP contribution in [0.1, 0.15) is 26.2 Å². The molecule has 292 valence electrons. The molecule has 1 heterocycles. The molecule has 1 aliphatic rings. The van der Waals surface area contributed by atoms with Gasteiger partial charge < -0.3 is 58.4 Å². The summed E-state index contributed by atoms with van der Waals surface area (Å²) in [7, 11) is 0. The van der Waals surface area contributed by atoms with Crippen molar-refractivity contribution in [2.24, 2.45) is 0 Å². The highest BCUT2D eigenvalue weighted by molar-refractivity contribution is 6.14. The lowest BCUT2D eigenvalue weighted by atomic mass is 10.1. The Hall–Kier alpha value is -3.56. The second-order valence-corrected chi connectivity index (χ2v) is 10.4. The lowest BCUT2D eigenvalue weighted by molar-refractivity contribution is -0.148. The van der Waals surface area contributed by atoms with Crippen LogP contribution in [0.2, 0.25) is 0 Å². The van der Waals surface area contributed by atoms with Crippen LogP contribution in [-0.2, 0) is 71.4 Å². The van der Waals surface area contributed by atoms with Crippen molar-refractivity contribution in [1.82, 2.24) is 15.5 Å². The maximum atomic E-state index is 12.3. The molecule has 4 amide bonds. The lowest BCUT2D eigenvalue weighted by Crippen LogP contribution is -2.47. The van der Waals surface area contributed by atoms with Gasteiger partial charge in [0.05, 0.1) is 119 Å². The molecule has 51 heavy (non-hydrogen) atoms. The Labute approximate surface area is 297 Å². The summed E-state index contributed by atoms with van der Waals surface area (Å²) in [5, 5.41) is 13.6. The van der Waals surface area contributed by atoms with Crippen LogP contribution in [0, 0.1) is 0 Å². The van der Waals surface area contributed by atoms with Crippen LogP contribution in [0.25, 0.3) is 0 Å². The molecule has 19 nitrogen and oxygen atoms in total. The minimum Gasteiger partial charge on any atom is -0.481 e. The fraction of sp³-hybridized carbons (Fsp3) is 0.750. The molecule has 0 spiro atoms. The van der Waals surface area contributed by atoms with E-state index in [2.05, 4.69) is 10.6 Å². The molecular formula is C32H53N3O16. The molecule has 1 aliphatic heterocycles. The number of amides is 4. The number of imide groups is 1. The number of nitrogens with zero attached hydrogens (tertiary/aromatic N) is 1. The summed E-state index contributed by atoms with van der Waals surface area (Å²) in [6.07, 6.45) is 1.95. The molecule has 0 radical (unpaired) electrons. The van der Waals surface area contributed by atoms with Crippen molar-refractivity contribution < 1.29 is 76.5 Å². The van der Waals surface area contributed by atoms with Gasteiger partial charge in [-0.3, -0.25) is 28.9 Å². The van der Waals surface area contributed by atoms with Crippen molar-refractivity contribution in [3.63, 3.8) is 0 Å². The molecule has 0 unspecified atom stereocenters. The van der Waals surface area contributed by atoms with E-state index in [9.17, 15) is 28.8 Å². The lowest BCUT2D eigenvalue weighted by Gasteiger charge is -2.19. The fourth-order valence-electron chi connectivity index (χ4n) is 3.89. The van der Waals surface area contributed by atoms with Crippen molar-refractivity contribution >= 4 is 35.6 Å². The second-order valence-electron chi connectivity index (χ2n) is 10.4. The summed E-state index contributed by atoms with van der Waals surface area (Å²) in [6.45, 7) is 7.35. The Morgan fingerprint density at radius 3 is 1.45 bits per heavy atom. The average Bonchev–Trinajstić information content (AvgIpc) is 3.41. The standard InChI is InChI=1S/C32H53N3O16/c1-2-51-32(42)26(34-28(37)25-35-29(38)5-6-30(35)39)3-4-27(36)33-8-10-44-12-14-46-16-18-48-20-22-50-24-23-49-21-19-47-17-15-45-13-11-43-9-7-31(40)41/h5-6,26H,2-4,7-25H2,1H3,(H,33,36)(H,34,37)(H,40,41)/t26-/m0/s1. The van der Waals surface area contributed by atoms with Gasteiger partial charge in [-0.2, -0.15) is 0 Å². The van der Waals surface area contributed by atoms with Gasteiger partial charge in [-0.15, -0.1) is 0 Å². The number of rotatable bonds is 35. The van der Waals surface area contributed by atoms with Crippen molar-refractivity contribution in [3.8, 4) is 0 Å². The van der Waals surface area contributed by atoms with E-state index in [0.717, 1.165) is 17.1 Å². The average molecular weight is 736 g/mol. The van der Waals surface area contributed by atoms with Gasteiger partial charge >= 0.3 is 11.9 Å². The molecular weight excluding hydrogens is 682 g/mol. The number of ether oxygens (including phenoxy) is 9. The third-order valence-electron chi connectivity index (χ3n) is 6.40. The Bertz CT molecular complexity index is 1030. The van der Waals surface area contributed by atoms with E-state index < -0.39 is 42.2 Å². The zero-order valence-corrected chi connectivity index (χ0v) is 29.3. The number of hydrogen-bond donors (Lipinski definition) is 3. The molecule has 0 aromatic rings. The summed E-state index contributed by atoms with van der Waals surface area (Å²) < 4.78 is 47.9. The van der Waals surface area contributed by atoms with Crippen molar-refractivity contribution in [3.05, 3.63) is 12.2 Å². The van der Waals surface area contributed by atoms with Gasteiger partial charge in [0.2, 0.25) is 11.8 Å². The van der Waals surface area contributed by atoms with E-state index in [4.69, 9.17) is 47.7 Å². The van der Waals surface area contributed by atoms with Crippen LogP contribution in [0.15, 0.2) is 12.2 Å². The molecule has 0 bridgehead atoms. The molecule has 19 heteroatoms.